The Morgan fingerprint density at radius 3 is 2.38 bits per heavy atom. The Kier molecular flexibility index (Phi) is 6.86. The maximum absolute atomic E-state index is 11.4. The molecule has 0 rings (SSSR count). The smallest absolute Gasteiger partial charge is 0.234 e. The van der Waals surface area contributed by atoms with Crippen molar-refractivity contribution in [2.45, 2.75) is 30.8 Å². The zero-order valence-corrected chi connectivity index (χ0v) is 11.0. The minimum absolute atomic E-state index is 0.0680. The molecule has 4 heteroatoms. The lowest BCUT2D eigenvalue weighted by atomic mass is 10.1. The number of nitrogens with one attached hydrogen (secondary N) is 1. The van der Waals surface area contributed by atoms with Crippen molar-refractivity contribution in [1.82, 2.24) is 5.32 Å². The van der Waals surface area contributed by atoms with Gasteiger partial charge < -0.3 is 5.32 Å². The van der Waals surface area contributed by atoms with Gasteiger partial charge in [0.25, 0.3) is 0 Å². The number of carbonyl (C=O) groups is 1. The highest BCUT2D eigenvalue weighted by molar-refractivity contribution is 9.10. The lowest BCUT2D eigenvalue weighted by molar-refractivity contribution is -0.121. The van der Waals surface area contributed by atoms with E-state index < -0.39 is 0 Å². The third-order valence-electron chi connectivity index (χ3n) is 1.80. The first-order valence-electron chi connectivity index (χ1n) is 4.43. The standard InChI is InChI=1S/C9H18BrNOS/c1-6(2)8(10)9(12)11-5-7(3)13-4/h6-8H,5H2,1-4H3,(H,11,12). The predicted molar refractivity (Wildman–Crippen MR) is 63.5 cm³/mol. The van der Waals surface area contributed by atoms with Crippen LogP contribution in [-0.2, 0) is 4.79 Å². The molecule has 0 spiro atoms. The van der Waals surface area contributed by atoms with Crippen molar-refractivity contribution in [2.24, 2.45) is 5.92 Å². The number of hydrogen-bond acceptors (Lipinski definition) is 2. The van der Waals surface area contributed by atoms with Crippen LogP contribution >= 0.6 is 27.7 Å². The van der Waals surface area contributed by atoms with Crippen LogP contribution in [0, 0.1) is 5.92 Å². The molecule has 13 heavy (non-hydrogen) atoms. The van der Waals surface area contributed by atoms with Crippen LogP contribution < -0.4 is 5.32 Å². The van der Waals surface area contributed by atoms with Gasteiger partial charge in [-0.3, -0.25) is 4.79 Å². The van der Waals surface area contributed by atoms with E-state index in [1.54, 1.807) is 11.8 Å². The molecule has 0 bridgehead atoms. The van der Waals surface area contributed by atoms with Crippen LogP contribution in [0.15, 0.2) is 0 Å². The maximum atomic E-state index is 11.4. The fourth-order valence-electron chi connectivity index (χ4n) is 0.728. The fourth-order valence-corrected chi connectivity index (χ4v) is 1.14. The second kappa shape index (κ2) is 6.71. The van der Waals surface area contributed by atoms with E-state index in [4.69, 9.17) is 0 Å². The van der Waals surface area contributed by atoms with Gasteiger partial charge in [-0.15, -0.1) is 0 Å². The highest BCUT2D eigenvalue weighted by Crippen LogP contribution is 2.12. The normalized spacial score (nSPS) is 15.5. The molecule has 0 radical (unpaired) electrons. The molecule has 0 aliphatic carbocycles. The van der Waals surface area contributed by atoms with E-state index in [2.05, 4.69) is 28.2 Å². The number of hydrogen-bond donors (Lipinski definition) is 1. The summed E-state index contributed by atoms with van der Waals surface area (Å²) in [5.74, 6) is 0.431. The molecular weight excluding hydrogens is 250 g/mol. The van der Waals surface area contributed by atoms with Crippen LogP contribution in [-0.4, -0.2) is 28.8 Å². The summed E-state index contributed by atoms with van der Waals surface area (Å²) in [4.78, 5) is 11.4. The van der Waals surface area contributed by atoms with E-state index in [0.717, 1.165) is 6.54 Å². The van der Waals surface area contributed by atoms with E-state index in [1.165, 1.54) is 0 Å². The molecule has 0 saturated heterocycles. The summed E-state index contributed by atoms with van der Waals surface area (Å²) >= 11 is 5.12. The summed E-state index contributed by atoms with van der Waals surface area (Å²) in [5, 5.41) is 3.39. The molecule has 2 nitrogen and oxygen atoms in total. The Morgan fingerprint density at radius 1 is 1.46 bits per heavy atom. The Balaban J connectivity index is 3.74. The van der Waals surface area contributed by atoms with E-state index >= 15 is 0 Å². The Bertz CT molecular complexity index is 164. The molecule has 1 amide bonds. The first-order valence-corrected chi connectivity index (χ1v) is 6.64. The summed E-state index contributed by atoms with van der Waals surface area (Å²) in [6.45, 7) is 6.90. The summed E-state index contributed by atoms with van der Waals surface area (Å²) in [5.41, 5.74) is 0. The van der Waals surface area contributed by atoms with Crippen LogP contribution in [0.2, 0.25) is 0 Å². The number of amides is 1. The molecule has 0 heterocycles. The average Bonchev–Trinajstić information content (AvgIpc) is 2.11. The topological polar surface area (TPSA) is 29.1 Å². The SMILES string of the molecule is CSC(C)CNC(=O)C(Br)C(C)C. The number of alkyl halides is 1. The van der Waals surface area contributed by atoms with Gasteiger partial charge >= 0.3 is 0 Å². The summed E-state index contributed by atoms with van der Waals surface area (Å²) in [7, 11) is 0. The number of thioether (sulfide) groups is 1. The number of halogens is 1. The van der Waals surface area contributed by atoms with Crippen LogP contribution in [0.1, 0.15) is 20.8 Å². The second-order valence-electron chi connectivity index (χ2n) is 3.44. The number of carbonyl (C=O) groups excluding carboxylic acids is 1. The van der Waals surface area contributed by atoms with E-state index in [9.17, 15) is 4.79 Å². The van der Waals surface area contributed by atoms with Gasteiger partial charge in [-0.1, -0.05) is 36.7 Å². The van der Waals surface area contributed by atoms with Crippen molar-refractivity contribution in [3.8, 4) is 0 Å². The Hall–Kier alpha value is 0.300. The zero-order chi connectivity index (χ0) is 10.4. The van der Waals surface area contributed by atoms with Gasteiger partial charge in [0.2, 0.25) is 5.91 Å². The molecule has 1 N–H and O–H groups in total. The highest BCUT2D eigenvalue weighted by atomic mass is 79.9. The number of rotatable bonds is 5. The summed E-state index contributed by atoms with van der Waals surface area (Å²) in [6, 6.07) is 0. The molecule has 2 unspecified atom stereocenters. The van der Waals surface area contributed by atoms with Gasteiger partial charge in [0.15, 0.2) is 0 Å². The first kappa shape index (κ1) is 13.3. The van der Waals surface area contributed by atoms with Gasteiger partial charge in [0.1, 0.15) is 0 Å². The van der Waals surface area contributed by atoms with Gasteiger partial charge in [0, 0.05) is 11.8 Å². The highest BCUT2D eigenvalue weighted by Gasteiger charge is 2.18. The molecule has 78 valence electrons. The fraction of sp³-hybridized carbons (Fsp3) is 0.889. The van der Waals surface area contributed by atoms with E-state index in [0.29, 0.717) is 11.2 Å². The van der Waals surface area contributed by atoms with Crippen LogP contribution in [0.4, 0.5) is 0 Å². The van der Waals surface area contributed by atoms with Crippen molar-refractivity contribution >= 4 is 33.6 Å². The second-order valence-corrected chi connectivity index (χ2v) is 5.70. The van der Waals surface area contributed by atoms with Crippen molar-refractivity contribution in [2.75, 3.05) is 12.8 Å². The molecule has 0 aromatic heterocycles. The molecule has 0 saturated carbocycles. The lowest BCUT2D eigenvalue weighted by Gasteiger charge is -2.15. The van der Waals surface area contributed by atoms with Crippen molar-refractivity contribution in [1.29, 1.82) is 0 Å². The molecule has 0 aliphatic rings. The quantitative estimate of drug-likeness (QED) is 0.775. The monoisotopic (exact) mass is 267 g/mol. The molecule has 0 aliphatic heterocycles. The van der Waals surface area contributed by atoms with Gasteiger partial charge in [0.05, 0.1) is 4.83 Å². The summed E-state index contributed by atoms with van der Waals surface area (Å²) in [6.07, 6.45) is 2.05. The van der Waals surface area contributed by atoms with Crippen LogP contribution in [0.5, 0.6) is 0 Å². The van der Waals surface area contributed by atoms with Crippen molar-refractivity contribution in [3.63, 3.8) is 0 Å². The molecule has 0 aromatic carbocycles. The summed E-state index contributed by atoms with van der Waals surface area (Å²) < 4.78 is 0. The predicted octanol–water partition coefficient (Wildman–Crippen LogP) is 2.27. The van der Waals surface area contributed by atoms with Crippen LogP contribution in [0.25, 0.3) is 0 Å². The van der Waals surface area contributed by atoms with Crippen molar-refractivity contribution in [3.05, 3.63) is 0 Å². The minimum Gasteiger partial charge on any atom is -0.354 e. The first-order chi connectivity index (χ1) is 5.99. The Morgan fingerprint density at radius 2 is 2.00 bits per heavy atom. The third-order valence-corrected chi connectivity index (χ3v) is 4.25. The zero-order valence-electron chi connectivity index (χ0n) is 8.63. The van der Waals surface area contributed by atoms with Gasteiger partial charge in [-0.2, -0.15) is 11.8 Å². The molecule has 0 fully saturated rings. The molecule has 0 aromatic rings. The largest absolute Gasteiger partial charge is 0.354 e. The van der Waals surface area contributed by atoms with Crippen molar-refractivity contribution < 1.29 is 4.79 Å². The minimum atomic E-state index is -0.0680. The van der Waals surface area contributed by atoms with Gasteiger partial charge in [-0.05, 0) is 12.2 Å². The average molecular weight is 268 g/mol. The van der Waals surface area contributed by atoms with Crippen LogP contribution in [0.3, 0.4) is 0 Å². The van der Waals surface area contributed by atoms with E-state index in [1.807, 2.05) is 20.1 Å². The molecular formula is C9H18BrNOS. The third kappa shape index (κ3) is 5.57. The Labute approximate surface area is 93.4 Å². The van der Waals surface area contributed by atoms with Gasteiger partial charge in [-0.25, -0.2) is 0 Å². The maximum Gasteiger partial charge on any atom is 0.234 e. The molecule has 2 atom stereocenters. The lowest BCUT2D eigenvalue weighted by Crippen LogP contribution is -2.37. The van der Waals surface area contributed by atoms with E-state index in [-0.39, 0.29) is 10.7 Å².